The molecule has 1 unspecified atom stereocenters. The van der Waals surface area contributed by atoms with Gasteiger partial charge in [-0.25, -0.2) is 4.79 Å². The highest BCUT2D eigenvalue weighted by Gasteiger charge is 2.51. The van der Waals surface area contributed by atoms with Gasteiger partial charge in [-0.05, 0) is 50.5 Å². The first-order valence-corrected chi connectivity index (χ1v) is 9.27. The van der Waals surface area contributed by atoms with Gasteiger partial charge in [0, 0.05) is 25.6 Å². The second-order valence-electron chi connectivity index (χ2n) is 7.98. The second kappa shape index (κ2) is 6.14. The highest BCUT2D eigenvalue weighted by molar-refractivity contribution is 5.97. The van der Waals surface area contributed by atoms with Crippen molar-refractivity contribution in [3.63, 3.8) is 0 Å². The molecule has 1 saturated carbocycles. The first kappa shape index (κ1) is 17.1. The number of piperidine rings is 1. The minimum Gasteiger partial charge on any atom is -0.480 e. The third kappa shape index (κ3) is 2.89. The van der Waals surface area contributed by atoms with Crippen LogP contribution in [0.25, 0.3) is 0 Å². The zero-order valence-electron chi connectivity index (χ0n) is 14.9. The van der Waals surface area contributed by atoms with E-state index in [0.29, 0.717) is 37.4 Å². The van der Waals surface area contributed by atoms with Gasteiger partial charge >= 0.3 is 5.97 Å². The van der Waals surface area contributed by atoms with Gasteiger partial charge in [0.1, 0.15) is 11.8 Å². The third-order valence-electron chi connectivity index (χ3n) is 6.21. The van der Waals surface area contributed by atoms with Crippen LogP contribution in [0, 0.1) is 18.3 Å². The molecule has 1 aromatic rings. The van der Waals surface area contributed by atoms with E-state index in [1.54, 1.807) is 13.0 Å². The number of aryl methyl sites for hydroxylation is 1. The Bertz CT molecular complexity index is 743. The van der Waals surface area contributed by atoms with Crippen LogP contribution in [0.3, 0.4) is 0 Å². The second-order valence-corrected chi connectivity index (χ2v) is 7.98. The third-order valence-corrected chi connectivity index (χ3v) is 6.21. The number of carboxylic acids is 1. The number of hydrogen-bond acceptors (Lipinski definition) is 4. The minimum absolute atomic E-state index is 0.210. The number of likely N-dealkylation sites (tertiary alicyclic amines) is 2. The molecular weight excluding hydrogens is 336 g/mol. The van der Waals surface area contributed by atoms with Gasteiger partial charge in [-0.15, -0.1) is 0 Å². The van der Waals surface area contributed by atoms with Gasteiger partial charge in [0.2, 0.25) is 5.91 Å². The van der Waals surface area contributed by atoms with Gasteiger partial charge in [-0.2, -0.15) is 0 Å². The average molecular weight is 360 g/mol. The zero-order chi connectivity index (χ0) is 18.5. The summed E-state index contributed by atoms with van der Waals surface area (Å²) in [4.78, 5) is 40.3. The summed E-state index contributed by atoms with van der Waals surface area (Å²) in [5.41, 5.74) is 0.214. The molecule has 1 N–H and O–H groups in total. The summed E-state index contributed by atoms with van der Waals surface area (Å²) in [6.07, 6.45) is 5.40. The maximum absolute atomic E-state index is 12.9. The van der Waals surface area contributed by atoms with Crippen molar-refractivity contribution >= 4 is 17.8 Å². The molecule has 2 amide bonds. The molecule has 7 nitrogen and oxygen atoms in total. The van der Waals surface area contributed by atoms with Gasteiger partial charge in [0.25, 0.3) is 5.91 Å². The van der Waals surface area contributed by atoms with E-state index in [9.17, 15) is 19.5 Å². The largest absolute Gasteiger partial charge is 0.480 e. The first-order valence-electron chi connectivity index (χ1n) is 9.27. The van der Waals surface area contributed by atoms with Crippen molar-refractivity contribution in [1.82, 2.24) is 9.80 Å². The molecule has 1 spiro atoms. The van der Waals surface area contributed by atoms with Crippen LogP contribution in [0.5, 0.6) is 0 Å². The molecule has 2 saturated heterocycles. The van der Waals surface area contributed by atoms with E-state index < -0.39 is 12.0 Å². The Morgan fingerprint density at radius 1 is 1.23 bits per heavy atom. The number of carboxylic acid groups (broad SMARTS) is 1. The zero-order valence-corrected chi connectivity index (χ0v) is 14.9. The van der Waals surface area contributed by atoms with Crippen LogP contribution in [-0.4, -0.2) is 58.4 Å². The van der Waals surface area contributed by atoms with Crippen LogP contribution in [0.1, 0.15) is 48.2 Å². The van der Waals surface area contributed by atoms with Gasteiger partial charge in [0.15, 0.2) is 0 Å². The number of rotatable bonds is 3. The van der Waals surface area contributed by atoms with Crippen LogP contribution in [0.2, 0.25) is 0 Å². The van der Waals surface area contributed by atoms with E-state index in [2.05, 4.69) is 0 Å². The first-order chi connectivity index (χ1) is 12.4. The Morgan fingerprint density at radius 2 is 1.92 bits per heavy atom. The van der Waals surface area contributed by atoms with E-state index in [0.717, 1.165) is 25.7 Å². The summed E-state index contributed by atoms with van der Waals surface area (Å²) in [7, 11) is 0. The molecule has 4 rings (SSSR count). The standard InChI is InChI=1S/C19H24N2O5/c1-12-14(4-9-26-12)17(23)21-11-19(10-15(21)18(24)25)5-7-20(8-6-19)16(22)13-2-3-13/h4,9,13,15H,2-3,5-8,10-11H2,1H3,(H,24,25). The normalized spacial score (nSPS) is 24.9. The summed E-state index contributed by atoms with van der Waals surface area (Å²) < 4.78 is 5.21. The molecule has 1 atom stereocenters. The number of hydrogen-bond donors (Lipinski definition) is 1. The predicted molar refractivity (Wildman–Crippen MR) is 91.5 cm³/mol. The molecule has 0 aromatic carbocycles. The van der Waals surface area contributed by atoms with Crippen molar-refractivity contribution in [2.75, 3.05) is 19.6 Å². The van der Waals surface area contributed by atoms with Crippen LogP contribution < -0.4 is 0 Å². The lowest BCUT2D eigenvalue weighted by atomic mass is 9.76. The molecule has 7 heteroatoms. The van der Waals surface area contributed by atoms with Crippen LogP contribution in [0.4, 0.5) is 0 Å². The number of amides is 2. The SMILES string of the molecule is Cc1occc1C(=O)N1CC2(CCN(C(=O)C3CC3)CC2)CC1C(=O)O. The Hall–Kier alpha value is -2.31. The molecule has 3 heterocycles. The fourth-order valence-electron chi connectivity index (χ4n) is 4.40. The monoisotopic (exact) mass is 360 g/mol. The molecule has 3 aliphatic rings. The van der Waals surface area contributed by atoms with Crippen molar-refractivity contribution in [1.29, 1.82) is 0 Å². The van der Waals surface area contributed by atoms with Gasteiger partial charge < -0.3 is 19.3 Å². The number of carbonyl (C=O) groups is 3. The molecular formula is C19H24N2O5. The number of nitrogens with zero attached hydrogens (tertiary/aromatic N) is 2. The molecule has 0 radical (unpaired) electrons. The molecule has 1 aromatic heterocycles. The Kier molecular flexibility index (Phi) is 4.04. The molecule has 2 aliphatic heterocycles. The van der Waals surface area contributed by atoms with E-state index in [1.165, 1.54) is 11.2 Å². The maximum Gasteiger partial charge on any atom is 0.326 e. The number of carbonyl (C=O) groups excluding carboxylic acids is 2. The predicted octanol–water partition coefficient (Wildman–Crippen LogP) is 1.91. The molecule has 0 bridgehead atoms. The van der Waals surface area contributed by atoms with Crippen molar-refractivity contribution in [3.8, 4) is 0 Å². The van der Waals surface area contributed by atoms with Gasteiger partial charge in [-0.1, -0.05) is 0 Å². The maximum atomic E-state index is 12.9. The number of furan rings is 1. The summed E-state index contributed by atoms with van der Waals surface area (Å²) in [6, 6.07) is 0.779. The van der Waals surface area contributed by atoms with E-state index in [4.69, 9.17) is 4.42 Å². The Labute approximate surface area is 151 Å². The summed E-state index contributed by atoms with van der Waals surface area (Å²) in [5, 5.41) is 9.65. The highest BCUT2D eigenvalue weighted by atomic mass is 16.4. The Morgan fingerprint density at radius 3 is 2.46 bits per heavy atom. The lowest BCUT2D eigenvalue weighted by molar-refractivity contribution is -0.141. The lowest BCUT2D eigenvalue weighted by Crippen LogP contribution is -2.45. The van der Waals surface area contributed by atoms with Crippen LogP contribution in [0.15, 0.2) is 16.7 Å². The fourth-order valence-corrected chi connectivity index (χ4v) is 4.40. The summed E-state index contributed by atoms with van der Waals surface area (Å²) in [6.45, 7) is 3.46. The molecule has 26 heavy (non-hydrogen) atoms. The molecule has 1 aliphatic carbocycles. The van der Waals surface area contributed by atoms with E-state index in [-0.39, 0.29) is 23.1 Å². The minimum atomic E-state index is -0.965. The summed E-state index contributed by atoms with van der Waals surface area (Å²) in [5.74, 6) is -0.286. The average Bonchev–Trinajstić information content (AvgIpc) is 3.28. The van der Waals surface area contributed by atoms with Crippen molar-refractivity contribution in [3.05, 3.63) is 23.7 Å². The number of aliphatic carboxylic acids is 1. The van der Waals surface area contributed by atoms with E-state index in [1.807, 2.05) is 4.90 Å². The van der Waals surface area contributed by atoms with Crippen molar-refractivity contribution < 1.29 is 23.9 Å². The smallest absolute Gasteiger partial charge is 0.326 e. The molecule has 140 valence electrons. The lowest BCUT2D eigenvalue weighted by Gasteiger charge is -2.39. The van der Waals surface area contributed by atoms with Crippen LogP contribution >= 0.6 is 0 Å². The molecule has 3 fully saturated rings. The van der Waals surface area contributed by atoms with Crippen LogP contribution in [-0.2, 0) is 9.59 Å². The topological polar surface area (TPSA) is 91.1 Å². The summed E-state index contributed by atoms with van der Waals surface area (Å²) >= 11 is 0. The Balaban J connectivity index is 1.49. The highest BCUT2D eigenvalue weighted by Crippen LogP contribution is 2.45. The van der Waals surface area contributed by atoms with Gasteiger partial charge in [-0.3, -0.25) is 9.59 Å². The van der Waals surface area contributed by atoms with E-state index >= 15 is 0 Å². The fraction of sp³-hybridized carbons (Fsp3) is 0.632. The van der Waals surface area contributed by atoms with Crippen molar-refractivity contribution in [2.45, 2.75) is 45.1 Å². The van der Waals surface area contributed by atoms with Gasteiger partial charge in [0.05, 0.1) is 11.8 Å². The van der Waals surface area contributed by atoms with Crippen molar-refractivity contribution in [2.24, 2.45) is 11.3 Å². The quantitative estimate of drug-likeness (QED) is 0.889.